The SMILES string of the molecule is COc1cc2c(cc1OC)[C@H]1CC(=O)NCN1[C@H](C)C2. The molecular formula is C15H20N2O3. The van der Waals surface area contributed by atoms with Crippen LogP contribution in [0.5, 0.6) is 11.5 Å². The van der Waals surface area contributed by atoms with Crippen molar-refractivity contribution < 1.29 is 14.3 Å². The van der Waals surface area contributed by atoms with Crippen LogP contribution in [0.1, 0.15) is 30.5 Å². The van der Waals surface area contributed by atoms with Crippen molar-refractivity contribution in [2.75, 3.05) is 20.9 Å². The fourth-order valence-corrected chi connectivity index (χ4v) is 3.27. The Kier molecular flexibility index (Phi) is 3.30. The molecule has 0 unspecified atom stereocenters. The predicted molar refractivity (Wildman–Crippen MR) is 74.9 cm³/mol. The maximum atomic E-state index is 11.7. The van der Waals surface area contributed by atoms with Crippen molar-refractivity contribution in [3.05, 3.63) is 23.3 Å². The number of nitrogens with zero attached hydrogens (tertiary/aromatic N) is 1. The van der Waals surface area contributed by atoms with Gasteiger partial charge in [0.15, 0.2) is 11.5 Å². The maximum absolute atomic E-state index is 11.7. The number of benzene rings is 1. The third-order valence-corrected chi connectivity index (χ3v) is 4.32. The number of carbonyl (C=O) groups excluding carboxylic acids is 1. The molecule has 20 heavy (non-hydrogen) atoms. The zero-order valence-corrected chi connectivity index (χ0v) is 12.1. The normalized spacial score (nSPS) is 25.4. The van der Waals surface area contributed by atoms with Crippen LogP contribution in [0.15, 0.2) is 12.1 Å². The number of methoxy groups -OCH3 is 2. The van der Waals surface area contributed by atoms with E-state index in [0.29, 0.717) is 19.1 Å². The van der Waals surface area contributed by atoms with E-state index in [0.717, 1.165) is 17.9 Å². The van der Waals surface area contributed by atoms with Gasteiger partial charge in [0.2, 0.25) is 5.91 Å². The molecule has 1 amide bonds. The molecule has 0 spiro atoms. The molecule has 0 aromatic heterocycles. The first-order chi connectivity index (χ1) is 9.63. The molecule has 0 radical (unpaired) electrons. The highest BCUT2D eigenvalue weighted by Gasteiger charge is 2.37. The molecule has 2 aliphatic rings. The van der Waals surface area contributed by atoms with E-state index < -0.39 is 0 Å². The summed E-state index contributed by atoms with van der Waals surface area (Å²) < 4.78 is 10.8. The fourth-order valence-electron chi connectivity index (χ4n) is 3.27. The molecule has 1 aromatic rings. The van der Waals surface area contributed by atoms with E-state index in [9.17, 15) is 4.79 Å². The first-order valence-corrected chi connectivity index (χ1v) is 6.91. The number of nitrogens with one attached hydrogen (secondary N) is 1. The van der Waals surface area contributed by atoms with Crippen LogP contribution in [0.25, 0.3) is 0 Å². The molecular weight excluding hydrogens is 256 g/mol. The lowest BCUT2D eigenvalue weighted by atomic mass is 9.86. The van der Waals surface area contributed by atoms with Gasteiger partial charge in [-0.05, 0) is 36.6 Å². The molecule has 108 valence electrons. The van der Waals surface area contributed by atoms with Crippen molar-refractivity contribution >= 4 is 5.91 Å². The molecule has 0 saturated carbocycles. The second kappa shape index (κ2) is 4.98. The lowest BCUT2D eigenvalue weighted by molar-refractivity contribution is -0.127. The minimum atomic E-state index is 0.112. The van der Waals surface area contributed by atoms with E-state index in [-0.39, 0.29) is 11.9 Å². The van der Waals surface area contributed by atoms with E-state index >= 15 is 0 Å². The summed E-state index contributed by atoms with van der Waals surface area (Å²) in [5.74, 6) is 1.60. The first kappa shape index (κ1) is 13.2. The maximum Gasteiger partial charge on any atom is 0.222 e. The molecule has 0 bridgehead atoms. The van der Waals surface area contributed by atoms with Crippen molar-refractivity contribution in [2.45, 2.75) is 31.8 Å². The van der Waals surface area contributed by atoms with E-state index in [1.165, 1.54) is 11.1 Å². The van der Waals surface area contributed by atoms with E-state index in [1.54, 1.807) is 14.2 Å². The number of ether oxygens (including phenoxy) is 2. The Morgan fingerprint density at radius 3 is 2.60 bits per heavy atom. The first-order valence-electron chi connectivity index (χ1n) is 6.91. The molecule has 1 N–H and O–H groups in total. The molecule has 1 saturated heterocycles. The van der Waals surface area contributed by atoms with Crippen LogP contribution in [-0.2, 0) is 11.2 Å². The lowest BCUT2D eigenvalue weighted by Crippen LogP contribution is -2.53. The molecule has 5 heteroatoms. The highest BCUT2D eigenvalue weighted by Crippen LogP contribution is 2.41. The van der Waals surface area contributed by atoms with Crippen molar-refractivity contribution in [1.82, 2.24) is 10.2 Å². The Labute approximate surface area is 118 Å². The zero-order chi connectivity index (χ0) is 14.3. The molecule has 5 nitrogen and oxygen atoms in total. The molecule has 1 aromatic carbocycles. The fraction of sp³-hybridized carbons (Fsp3) is 0.533. The summed E-state index contributed by atoms with van der Waals surface area (Å²) >= 11 is 0. The highest BCUT2D eigenvalue weighted by molar-refractivity contribution is 5.78. The molecule has 2 aliphatic heterocycles. The highest BCUT2D eigenvalue weighted by atomic mass is 16.5. The van der Waals surface area contributed by atoms with Gasteiger partial charge in [-0.1, -0.05) is 0 Å². The molecule has 1 fully saturated rings. The summed E-state index contributed by atoms with van der Waals surface area (Å²) in [6.07, 6.45) is 1.47. The minimum Gasteiger partial charge on any atom is -0.493 e. The van der Waals surface area contributed by atoms with Crippen LogP contribution < -0.4 is 14.8 Å². The molecule has 2 heterocycles. The van der Waals surface area contributed by atoms with Crippen LogP contribution in [0.4, 0.5) is 0 Å². The van der Waals surface area contributed by atoms with Crippen molar-refractivity contribution in [3.8, 4) is 11.5 Å². The van der Waals surface area contributed by atoms with E-state index in [4.69, 9.17) is 9.47 Å². The third-order valence-electron chi connectivity index (χ3n) is 4.32. The van der Waals surface area contributed by atoms with Gasteiger partial charge < -0.3 is 14.8 Å². The molecule has 0 aliphatic carbocycles. The Hall–Kier alpha value is -1.75. The van der Waals surface area contributed by atoms with Crippen LogP contribution in [0, 0.1) is 0 Å². The quantitative estimate of drug-likeness (QED) is 0.888. The van der Waals surface area contributed by atoms with Gasteiger partial charge in [-0.15, -0.1) is 0 Å². The largest absolute Gasteiger partial charge is 0.493 e. The van der Waals surface area contributed by atoms with Gasteiger partial charge in [0.1, 0.15) is 0 Å². The Balaban J connectivity index is 2.07. The number of rotatable bonds is 2. The second-order valence-corrected chi connectivity index (χ2v) is 5.45. The van der Waals surface area contributed by atoms with Crippen LogP contribution in [-0.4, -0.2) is 37.7 Å². The van der Waals surface area contributed by atoms with E-state index in [2.05, 4.69) is 23.2 Å². The Morgan fingerprint density at radius 2 is 1.90 bits per heavy atom. The van der Waals surface area contributed by atoms with Crippen LogP contribution in [0.2, 0.25) is 0 Å². The zero-order valence-electron chi connectivity index (χ0n) is 12.1. The summed E-state index contributed by atoms with van der Waals surface area (Å²) in [7, 11) is 3.29. The van der Waals surface area contributed by atoms with Gasteiger partial charge in [-0.2, -0.15) is 0 Å². The summed E-state index contributed by atoms with van der Waals surface area (Å²) in [5, 5.41) is 2.92. The smallest absolute Gasteiger partial charge is 0.222 e. The van der Waals surface area contributed by atoms with Gasteiger partial charge in [0.25, 0.3) is 0 Å². The van der Waals surface area contributed by atoms with Crippen LogP contribution in [0.3, 0.4) is 0 Å². The van der Waals surface area contributed by atoms with Gasteiger partial charge in [0, 0.05) is 18.5 Å². The monoisotopic (exact) mass is 276 g/mol. The number of hydrogen-bond acceptors (Lipinski definition) is 4. The predicted octanol–water partition coefficient (Wildman–Crippen LogP) is 1.47. The molecule has 3 rings (SSSR count). The lowest BCUT2D eigenvalue weighted by Gasteiger charge is -2.44. The van der Waals surface area contributed by atoms with Gasteiger partial charge >= 0.3 is 0 Å². The average Bonchev–Trinajstić information content (AvgIpc) is 2.46. The van der Waals surface area contributed by atoms with Gasteiger partial charge in [0.05, 0.1) is 20.9 Å². The number of carbonyl (C=O) groups is 1. The second-order valence-electron chi connectivity index (χ2n) is 5.45. The standard InChI is InChI=1S/C15H20N2O3/c1-9-4-10-5-13(19-2)14(20-3)6-11(10)12-7-15(18)16-8-17(9)12/h5-6,9,12H,4,7-8H2,1-3H3,(H,16,18)/t9-,12-/m1/s1. The van der Waals surface area contributed by atoms with Gasteiger partial charge in [-0.25, -0.2) is 0 Å². The number of hydrogen-bond donors (Lipinski definition) is 1. The van der Waals surface area contributed by atoms with Crippen molar-refractivity contribution in [2.24, 2.45) is 0 Å². The van der Waals surface area contributed by atoms with Crippen LogP contribution >= 0.6 is 0 Å². The Bertz CT molecular complexity index is 544. The van der Waals surface area contributed by atoms with Crippen molar-refractivity contribution in [1.29, 1.82) is 0 Å². The number of amides is 1. The summed E-state index contributed by atoms with van der Waals surface area (Å²) in [6.45, 7) is 2.82. The topological polar surface area (TPSA) is 50.8 Å². The third kappa shape index (κ3) is 2.02. The average molecular weight is 276 g/mol. The summed E-state index contributed by atoms with van der Waals surface area (Å²) in [5.41, 5.74) is 2.45. The van der Waals surface area contributed by atoms with Gasteiger partial charge in [-0.3, -0.25) is 9.69 Å². The molecule has 2 atom stereocenters. The van der Waals surface area contributed by atoms with Crippen molar-refractivity contribution in [3.63, 3.8) is 0 Å². The summed E-state index contributed by atoms with van der Waals surface area (Å²) in [6, 6.07) is 4.62. The minimum absolute atomic E-state index is 0.112. The Morgan fingerprint density at radius 1 is 1.20 bits per heavy atom. The van der Waals surface area contributed by atoms with E-state index in [1.807, 2.05) is 6.07 Å². The number of fused-ring (bicyclic) bond motifs is 3. The summed E-state index contributed by atoms with van der Waals surface area (Å²) in [4.78, 5) is 14.1.